The number of benzene rings is 4. The molecule has 0 aromatic heterocycles. The van der Waals surface area contributed by atoms with E-state index in [0.717, 1.165) is 59.9 Å². The number of hydrogen-bond acceptors (Lipinski definition) is 13. The summed E-state index contributed by atoms with van der Waals surface area (Å²) in [6.45, 7) is -0.0995. The van der Waals surface area contributed by atoms with Crippen molar-refractivity contribution in [2.75, 3.05) is 19.0 Å². The molecular weight excluding hydrogens is 943 g/mol. The summed E-state index contributed by atoms with van der Waals surface area (Å²) in [6.07, 6.45) is 12.2. The summed E-state index contributed by atoms with van der Waals surface area (Å²) in [7, 11) is 3.38. The predicted molar refractivity (Wildman–Crippen MR) is 284 cm³/mol. The van der Waals surface area contributed by atoms with Gasteiger partial charge in [-0.25, -0.2) is 0 Å². The molecule has 4 aromatic carbocycles. The lowest BCUT2D eigenvalue weighted by atomic mass is 9.60. The standard InChI is InChI=1S/C59H67N3O8S2/c60-57(61)48-29-41-7-4-8-51-46(19-23-62-51)54(68)31-49-47(41)30-42(48)34-71-72-36-59-21-17-43(25-40(26-45(65)33-63)10-9-37-5-2-1-3-6-37)58(35-59,32-56(59)69)22-18-44(64)14-11-38-13-16-53(67)55(28-38)70-24-20-39-12-15-52(66)50(49)27-39/h1-3,5-6,12-13,15-16,18-19,22-23,27-30,40,43,45,49,56-57,63,65-69H,8-11,14,17,20-21,24-26,31-36,60-61H2/p-1. The number of aliphatic hydroxyl groups is 3. The number of carbonyl (C=O) groups excluding carboxylic acids is 1. The van der Waals surface area contributed by atoms with E-state index in [9.17, 15) is 35.4 Å². The lowest BCUT2D eigenvalue weighted by molar-refractivity contribution is -0.307. The number of aryl methyl sites for hydroxylation is 2. The number of ether oxygens (including phenoxy) is 1. The highest BCUT2D eigenvalue weighted by Crippen LogP contribution is 2.64. The van der Waals surface area contributed by atoms with Crippen molar-refractivity contribution in [3.8, 4) is 29.1 Å². The number of nitrogens with two attached hydrogens (primary N) is 2. The fraction of sp³-hybridized carbons (Fsp3) is 0.424. The third-order valence-electron chi connectivity index (χ3n) is 15.9. The Morgan fingerprint density at radius 3 is 2.56 bits per heavy atom. The van der Waals surface area contributed by atoms with E-state index in [1.807, 2.05) is 36.4 Å². The van der Waals surface area contributed by atoms with Gasteiger partial charge < -0.3 is 46.8 Å². The molecule has 5 aliphatic rings. The first-order valence-electron chi connectivity index (χ1n) is 25.4. The molecule has 8 bridgehead atoms. The molecule has 2 saturated carbocycles. The summed E-state index contributed by atoms with van der Waals surface area (Å²) >= 11 is 0. The molecule has 0 spiro atoms. The van der Waals surface area contributed by atoms with Crippen LogP contribution >= 0.6 is 21.6 Å². The van der Waals surface area contributed by atoms with Gasteiger partial charge in [0.25, 0.3) is 0 Å². The van der Waals surface area contributed by atoms with Gasteiger partial charge in [-0.3, -0.25) is 9.79 Å². The lowest BCUT2D eigenvalue weighted by Crippen LogP contribution is -2.39. The number of phenols is 2. The summed E-state index contributed by atoms with van der Waals surface area (Å²) in [5.74, 6) is 7.67. The molecule has 9 N–H and O–H groups in total. The highest BCUT2D eigenvalue weighted by atomic mass is 33.1. The lowest BCUT2D eigenvalue weighted by Gasteiger charge is -2.45. The van der Waals surface area contributed by atoms with Crippen LogP contribution in [-0.2, 0) is 29.8 Å². The Hall–Kier alpha value is -5.30. The molecule has 378 valence electrons. The zero-order valence-corrected chi connectivity index (χ0v) is 42.3. The molecule has 9 rings (SSSR count). The number of hydrogen-bond donors (Lipinski definition) is 7. The third kappa shape index (κ3) is 11.7. The Morgan fingerprint density at radius 2 is 1.75 bits per heavy atom. The Balaban J connectivity index is 1.07. The molecule has 2 heterocycles. The third-order valence-corrected chi connectivity index (χ3v) is 18.4. The number of fused-ring (bicyclic) bond motifs is 7. The normalized spacial score (nSPS) is 25.3. The molecule has 0 radical (unpaired) electrons. The second-order valence-corrected chi connectivity index (χ2v) is 23.1. The minimum atomic E-state index is -0.833. The van der Waals surface area contributed by atoms with Crippen LogP contribution in [0.3, 0.4) is 0 Å². The molecule has 2 fully saturated rings. The minimum absolute atomic E-state index is 0.0178. The van der Waals surface area contributed by atoms with Gasteiger partial charge in [-0.05, 0) is 157 Å². The van der Waals surface area contributed by atoms with Crippen molar-refractivity contribution in [1.82, 2.24) is 0 Å². The first-order valence-corrected chi connectivity index (χ1v) is 27.8. The molecule has 2 aliphatic heterocycles. The van der Waals surface area contributed by atoms with E-state index in [-0.39, 0.29) is 60.9 Å². The summed E-state index contributed by atoms with van der Waals surface area (Å²) in [6, 6.07) is 24.9. The molecule has 11 nitrogen and oxygen atoms in total. The zero-order valence-electron chi connectivity index (χ0n) is 40.7. The SMILES string of the molecule is NC(N)c1cc2c3cc1CSSCC14CCC(CC(CCc5ccccc5)CC(O)CO)C(C=CC(=O)CCc5ccc(O)c(c5)OCCc5ccc(O)c(c5)C3CC([O-])=C3C=CN=C3CC#C2)(CC1O)C4. The predicted octanol–water partition coefficient (Wildman–Crippen LogP) is 8.37. The quantitative estimate of drug-likeness (QED) is 0.0479. The fourth-order valence-corrected chi connectivity index (χ4v) is 14.8. The van der Waals surface area contributed by atoms with Gasteiger partial charge in [0, 0.05) is 53.0 Å². The molecule has 0 saturated heterocycles. The van der Waals surface area contributed by atoms with Crippen molar-refractivity contribution in [3.05, 3.63) is 159 Å². The zero-order chi connectivity index (χ0) is 50.4. The van der Waals surface area contributed by atoms with Gasteiger partial charge in [0.2, 0.25) is 0 Å². The molecule has 13 heteroatoms. The maximum Gasteiger partial charge on any atom is 0.161 e. The van der Waals surface area contributed by atoms with Crippen molar-refractivity contribution in [2.24, 2.45) is 39.1 Å². The number of ketones is 1. The Labute approximate surface area is 431 Å². The number of rotatable bonds is 9. The van der Waals surface area contributed by atoms with E-state index >= 15 is 0 Å². The van der Waals surface area contributed by atoms with Crippen molar-refractivity contribution in [2.45, 2.75) is 114 Å². The molecule has 4 aromatic rings. The van der Waals surface area contributed by atoms with Gasteiger partial charge in [0.15, 0.2) is 17.3 Å². The monoisotopic (exact) mass is 1010 g/mol. The summed E-state index contributed by atoms with van der Waals surface area (Å²) < 4.78 is 6.18. The van der Waals surface area contributed by atoms with Crippen LogP contribution in [-0.4, -0.2) is 68.2 Å². The molecule has 0 amide bonds. The van der Waals surface area contributed by atoms with Crippen molar-refractivity contribution in [1.29, 1.82) is 0 Å². The van der Waals surface area contributed by atoms with Crippen LogP contribution in [0, 0.1) is 34.5 Å². The maximum atomic E-state index is 14.3. The van der Waals surface area contributed by atoms with Gasteiger partial charge in [0.05, 0.1) is 43.7 Å². The summed E-state index contributed by atoms with van der Waals surface area (Å²) in [4.78, 5) is 18.3. The van der Waals surface area contributed by atoms with E-state index in [4.69, 9.17) is 16.2 Å². The molecule has 3 aliphatic carbocycles. The van der Waals surface area contributed by atoms with Gasteiger partial charge in [-0.15, -0.1) is 5.76 Å². The van der Waals surface area contributed by atoms with Gasteiger partial charge in [-0.2, -0.15) is 0 Å². The second kappa shape index (κ2) is 22.9. The van der Waals surface area contributed by atoms with Crippen molar-refractivity contribution < 1.29 is 40.2 Å². The maximum absolute atomic E-state index is 14.3. The van der Waals surface area contributed by atoms with E-state index in [0.29, 0.717) is 78.2 Å². The van der Waals surface area contributed by atoms with Crippen LogP contribution in [0.1, 0.15) is 121 Å². The van der Waals surface area contributed by atoms with E-state index in [1.165, 1.54) is 5.56 Å². The highest BCUT2D eigenvalue weighted by Gasteiger charge is 2.59. The van der Waals surface area contributed by atoms with Gasteiger partial charge in [0.1, 0.15) is 5.75 Å². The first-order chi connectivity index (χ1) is 34.8. The average molecular weight is 1010 g/mol. The number of nitrogens with zero attached hydrogens (tertiary/aromatic N) is 1. The second-order valence-electron chi connectivity index (χ2n) is 20.7. The molecule has 7 unspecified atom stereocenters. The van der Waals surface area contributed by atoms with Crippen LogP contribution in [0.25, 0.3) is 0 Å². The largest absolute Gasteiger partial charge is 0.875 e. The van der Waals surface area contributed by atoms with Crippen LogP contribution in [0.4, 0.5) is 0 Å². The molecule has 72 heavy (non-hydrogen) atoms. The fourth-order valence-electron chi connectivity index (χ4n) is 12.0. The van der Waals surface area contributed by atoms with Crippen LogP contribution in [0.15, 0.2) is 120 Å². The highest BCUT2D eigenvalue weighted by molar-refractivity contribution is 8.76. The smallest absolute Gasteiger partial charge is 0.161 e. The van der Waals surface area contributed by atoms with Crippen LogP contribution < -0.4 is 21.3 Å². The van der Waals surface area contributed by atoms with Crippen molar-refractivity contribution in [3.63, 3.8) is 0 Å². The average Bonchev–Trinajstić information content (AvgIpc) is 3.94. The van der Waals surface area contributed by atoms with Gasteiger partial charge >= 0.3 is 0 Å². The molecule has 7 atom stereocenters. The van der Waals surface area contributed by atoms with E-state index in [2.05, 4.69) is 41.1 Å². The number of carbonyl (C=O) groups is 1. The van der Waals surface area contributed by atoms with E-state index in [1.54, 1.807) is 64.2 Å². The van der Waals surface area contributed by atoms with Crippen LogP contribution in [0.5, 0.6) is 17.2 Å². The Kier molecular flexibility index (Phi) is 16.4. The topological polar surface area (TPSA) is 215 Å². The van der Waals surface area contributed by atoms with Crippen LogP contribution in [0.2, 0.25) is 0 Å². The Morgan fingerprint density at radius 1 is 0.944 bits per heavy atom. The summed E-state index contributed by atoms with van der Waals surface area (Å²) in [5, 5.41) is 69.8. The van der Waals surface area contributed by atoms with Gasteiger partial charge in [-0.1, -0.05) is 94.1 Å². The minimum Gasteiger partial charge on any atom is -0.875 e. The van der Waals surface area contributed by atoms with Crippen molar-refractivity contribution >= 4 is 33.1 Å². The summed E-state index contributed by atoms with van der Waals surface area (Å²) in [5.41, 5.74) is 19.9. The Bertz CT molecular complexity index is 2820. The number of allylic oxidation sites excluding steroid dienone is 5. The number of aliphatic imine (C=N–C) groups is 1. The van der Waals surface area contributed by atoms with E-state index < -0.39 is 35.1 Å². The number of aliphatic hydroxyl groups excluding tert-OH is 3. The first kappa shape index (κ1) is 51.6. The number of phenolic OH excluding ortho intramolecular Hbond substituents is 2. The number of aromatic hydroxyl groups is 2. The molecular formula is C59H66N3O8S2-.